The van der Waals surface area contributed by atoms with Crippen molar-refractivity contribution in [3.8, 4) is 11.5 Å². The van der Waals surface area contributed by atoms with Crippen molar-refractivity contribution >= 4 is 33.2 Å². The van der Waals surface area contributed by atoms with Crippen molar-refractivity contribution in [1.29, 1.82) is 0 Å². The summed E-state index contributed by atoms with van der Waals surface area (Å²) in [6.07, 6.45) is 0. The fraction of sp³-hybridized carbons (Fsp3) is 0.136. The van der Waals surface area contributed by atoms with Gasteiger partial charge in [-0.05, 0) is 60.2 Å². The van der Waals surface area contributed by atoms with E-state index in [0.29, 0.717) is 11.5 Å². The van der Waals surface area contributed by atoms with Gasteiger partial charge in [-0.3, -0.25) is 9.52 Å². The Morgan fingerprint density at radius 2 is 1.72 bits per heavy atom. The molecule has 0 spiro atoms. The van der Waals surface area contributed by atoms with Gasteiger partial charge in [-0.1, -0.05) is 23.7 Å². The lowest BCUT2D eigenvalue weighted by molar-refractivity contribution is -0.123. The zero-order valence-corrected chi connectivity index (χ0v) is 18.5. The lowest BCUT2D eigenvalue weighted by atomic mass is 10.2. The number of rotatable bonds is 9. The molecule has 1 amide bonds. The quantitative estimate of drug-likeness (QED) is 0.485. The van der Waals surface area contributed by atoms with E-state index in [4.69, 9.17) is 21.1 Å². The second-order valence-electron chi connectivity index (χ2n) is 6.62. The van der Waals surface area contributed by atoms with Gasteiger partial charge in [-0.2, -0.15) is 0 Å². The highest BCUT2D eigenvalue weighted by Gasteiger charge is 2.15. The van der Waals surface area contributed by atoms with Gasteiger partial charge in [0.2, 0.25) is 0 Å². The largest absolute Gasteiger partial charge is 0.495 e. The molecule has 0 radical (unpaired) electrons. The van der Waals surface area contributed by atoms with Crippen molar-refractivity contribution < 1.29 is 27.1 Å². The van der Waals surface area contributed by atoms with Gasteiger partial charge in [0.15, 0.2) is 6.61 Å². The molecule has 32 heavy (non-hydrogen) atoms. The van der Waals surface area contributed by atoms with Crippen molar-refractivity contribution in [3.05, 3.63) is 83.1 Å². The number of methoxy groups -OCH3 is 1. The van der Waals surface area contributed by atoms with Gasteiger partial charge in [-0.25, -0.2) is 12.8 Å². The van der Waals surface area contributed by atoms with E-state index in [0.717, 1.165) is 5.56 Å². The summed E-state index contributed by atoms with van der Waals surface area (Å²) in [5.41, 5.74) is 1.04. The first-order valence-corrected chi connectivity index (χ1v) is 11.2. The van der Waals surface area contributed by atoms with Gasteiger partial charge >= 0.3 is 0 Å². The summed E-state index contributed by atoms with van der Waals surface area (Å²) in [5.74, 6) is 0.0344. The van der Waals surface area contributed by atoms with Gasteiger partial charge in [0, 0.05) is 6.54 Å². The highest BCUT2D eigenvalue weighted by atomic mass is 35.5. The molecule has 168 valence electrons. The highest BCUT2D eigenvalue weighted by Crippen LogP contribution is 2.28. The number of carbonyl (C=O) groups excluding carboxylic acids is 1. The number of carbonyl (C=O) groups is 1. The summed E-state index contributed by atoms with van der Waals surface area (Å²) in [5, 5.41) is 2.92. The number of sulfonamides is 1. The highest BCUT2D eigenvalue weighted by molar-refractivity contribution is 7.92. The van der Waals surface area contributed by atoms with Crippen LogP contribution in [0.4, 0.5) is 10.1 Å². The summed E-state index contributed by atoms with van der Waals surface area (Å²) in [4.78, 5) is 11.9. The summed E-state index contributed by atoms with van der Waals surface area (Å²) in [6.45, 7) is -0.0173. The minimum atomic E-state index is -3.85. The molecule has 0 aliphatic rings. The number of ether oxygens (including phenoxy) is 2. The van der Waals surface area contributed by atoms with Crippen LogP contribution in [0.1, 0.15) is 5.56 Å². The Bertz CT molecular complexity index is 1190. The van der Waals surface area contributed by atoms with E-state index in [2.05, 4.69) is 10.0 Å². The van der Waals surface area contributed by atoms with Crippen LogP contribution in [-0.4, -0.2) is 28.0 Å². The SMILES string of the molecule is COc1ccc(NS(=O)(=O)c2ccc(OCC(=O)NCc3ccc(F)cc3)cc2)cc1Cl. The van der Waals surface area contributed by atoms with Crippen LogP contribution in [0.2, 0.25) is 5.02 Å². The zero-order chi connectivity index (χ0) is 23.1. The molecule has 0 saturated carbocycles. The van der Waals surface area contributed by atoms with Crippen LogP contribution < -0.4 is 19.5 Å². The first-order valence-electron chi connectivity index (χ1n) is 9.37. The van der Waals surface area contributed by atoms with E-state index in [9.17, 15) is 17.6 Å². The number of benzene rings is 3. The average molecular weight is 479 g/mol. The smallest absolute Gasteiger partial charge is 0.261 e. The molecular formula is C22H20ClFN2O5S. The lowest BCUT2D eigenvalue weighted by Crippen LogP contribution is -2.28. The maximum atomic E-state index is 12.9. The molecule has 0 aromatic heterocycles. The fourth-order valence-corrected chi connectivity index (χ4v) is 3.97. The second kappa shape index (κ2) is 10.3. The van der Waals surface area contributed by atoms with Crippen LogP contribution in [0, 0.1) is 5.82 Å². The zero-order valence-electron chi connectivity index (χ0n) is 17.0. The van der Waals surface area contributed by atoms with Crippen LogP contribution in [-0.2, 0) is 21.4 Å². The molecule has 3 rings (SSSR count). The van der Waals surface area contributed by atoms with Crippen LogP contribution in [0.5, 0.6) is 11.5 Å². The number of hydrogen-bond donors (Lipinski definition) is 2. The van der Waals surface area contributed by atoms with Gasteiger partial charge in [-0.15, -0.1) is 0 Å². The fourth-order valence-electron chi connectivity index (χ4n) is 2.66. The Morgan fingerprint density at radius 3 is 2.34 bits per heavy atom. The maximum absolute atomic E-state index is 12.9. The third-order valence-corrected chi connectivity index (χ3v) is 6.00. The average Bonchev–Trinajstić information content (AvgIpc) is 2.77. The first-order chi connectivity index (χ1) is 15.3. The molecule has 7 nitrogen and oxygen atoms in total. The lowest BCUT2D eigenvalue weighted by Gasteiger charge is -2.11. The summed E-state index contributed by atoms with van der Waals surface area (Å²) >= 11 is 6.02. The Hall–Kier alpha value is -3.30. The molecule has 0 fully saturated rings. The molecule has 2 N–H and O–H groups in total. The van der Waals surface area contributed by atoms with E-state index in [1.54, 1.807) is 18.2 Å². The number of anilines is 1. The van der Waals surface area contributed by atoms with Gasteiger partial charge in [0.25, 0.3) is 15.9 Å². The van der Waals surface area contributed by atoms with Gasteiger partial charge in [0.05, 0.1) is 22.7 Å². The maximum Gasteiger partial charge on any atom is 0.261 e. The molecular weight excluding hydrogens is 459 g/mol. The predicted octanol–water partition coefficient (Wildman–Crippen LogP) is 3.98. The Morgan fingerprint density at radius 1 is 1.03 bits per heavy atom. The van der Waals surface area contributed by atoms with Crippen molar-refractivity contribution in [1.82, 2.24) is 5.32 Å². The second-order valence-corrected chi connectivity index (χ2v) is 8.71. The molecule has 0 saturated heterocycles. The van der Waals surface area contributed by atoms with E-state index in [1.807, 2.05) is 0 Å². The minimum absolute atomic E-state index is 0.0116. The van der Waals surface area contributed by atoms with Crippen LogP contribution >= 0.6 is 11.6 Å². The van der Waals surface area contributed by atoms with E-state index < -0.39 is 10.0 Å². The number of nitrogens with one attached hydrogen (secondary N) is 2. The van der Waals surface area contributed by atoms with Gasteiger partial charge in [0.1, 0.15) is 17.3 Å². The Kier molecular flexibility index (Phi) is 7.55. The molecule has 0 atom stereocenters. The normalized spacial score (nSPS) is 11.0. The standard InChI is InChI=1S/C22H20ClFN2O5S/c1-30-21-11-6-17(12-20(21)23)26-32(28,29)19-9-7-18(8-10-19)31-14-22(27)25-13-15-2-4-16(24)5-3-15/h2-12,26H,13-14H2,1H3,(H,25,27). The monoisotopic (exact) mass is 478 g/mol. The topological polar surface area (TPSA) is 93.7 Å². The van der Waals surface area contributed by atoms with Crippen LogP contribution in [0.15, 0.2) is 71.6 Å². The molecule has 0 bridgehead atoms. The number of hydrogen-bond acceptors (Lipinski definition) is 5. The van der Waals surface area contributed by atoms with Gasteiger partial charge < -0.3 is 14.8 Å². The van der Waals surface area contributed by atoms with E-state index >= 15 is 0 Å². The van der Waals surface area contributed by atoms with E-state index in [1.165, 1.54) is 55.6 Å². The molecule has 0 heterocycles. The summed E-state index contributed by atoms with van der Waals surface area (Å²) in [7, 11) is -2.39. The summed E-state index contributed by atoms with van der Waals surface area (Å²) in [6, 6.07) is 15.9. The Labute approximate surface area is 190 Å². The predicted molar refractivity (Wildman–Crippen MR) is 119 cm³/mol. The number of halogens is 2. The molecule has 0 unspecified atom stereocenters. The molecule has 3 aromatic rings. The third kappa shape index (κ3) is 6.35. The molecule has 10 heteroatoms. The molecule has 0 aliphatic heterocycles. The van der Waals surface area contributed by atoms with Crippen LogP contribution in [0.3, 0.4) is 0 Å². The van der Waals surface area contributed by atoms with Crippen molar-refractivity contribution in [3.63, 3.8) is 0 Å². The first kappa shape index (κ1) is 23.4. The molecule has 3 aromatic carbocycles. The minimum Gasteiger partial charge on any atom is -0.495 e. The third-order valence-electron chi connectivity index (χ3n) is 4.31. The van der Waals surface area contributed by atoms with E-state index in [-0.39, 0.29) is 40.5 Å². The number of amides is 1. The Balaban J connectivity index is 1.53. The van der Waals surface area contributed by atoms with Crippen molar-refractivity contribution in [2.24, 2.45) is 0 Å². The van der Waals surface area contributed by atoms with Crippen molar-refractivity contribution in [2.75, 3.05) is 18.4 Å². The summed E-state index contributed by atoms with van der Waals surface area (Å²) < 4.78 is 50.9. The molecule has 0 aliphatic carbocycles. The van der Waals surface area contributed by atoms with Crippen molar-refractivity contribution in [2.45, 2.75) is 11.4 Å². The van der Waals surface area contributed by atoms with Crippen LogP contribution in [0.25, 0.3) is 0 Å².